The van der Waals surface area contributed by atoms with Crippen LogP contribution in [0.2, 0.25) is 10.0 Å². The SMILES string of the molecule is CCCC(C)c1nc2cc(Cl)c(Cl)cc2[nH]1. The highest BCUT2D eigenvalue weighted by Gasteiger charge is 2.11. The van der Waals surface area contributed by atoms with Crippen LogP contribution in [0.15, 0.2) is 12.1 Å². The van der Waals surface area contributed by atoms with Crippen LogP contribution in [0.5, 0.6) is 0 Å². The maximum Gasteiger partial charge on any atom is 0.110 e. The molecule has 0 saturated carbocycles. The summed E-state index contributed by atoms with van der Waals surface area (Å²) in [5.41, 5.74) is 1.83. The smallest absolute Gasteiger partial charge is 0.110 e. The third-order valence-corrected chi connectivity index (χ3v) is 3.45. The molecule has 0 bridgehead atoms. The Bertz CT molecular complexity index is 466. The molecule has 16 heavy (non-hydrogen) atoms. The molecule has 4 heteroatoms. The van der Waals surface area contributed by atoms with Gasteiger partial charge < -0.3 is 4.98 Å². The molecular formula is C12H14Cl2N2. The van der Waals surface area contributed by atoms with Crippen molar-refractivity contribution in [2.75, 3.05) is 0 Å². The molecule has 0 saturated heterocycles. The molecule has 0 fully saturated rings. The Hall–Kier alpha value is -0.730. The minimum absolute atomic E-state index is 0.440. The quantitative estimate of drug-likeness (QED) is 0.842. The van der Waals surface area contributed by atoms with E-state index in [1.165, 1.54) is 0 Å². The Morgan fingerprint density at radius 3 is 2.69 bits per heavy atom. The molecule has 1 unspecified atom stereocenters. The summed E-state index contributed by atoms with van der Waals surface area (Å²) in [5.74, 6) is 1.45. The van der Waals surface area contributed by atoms with Crippen LogP contribution < -0.4 is 0 Å². The number of rotatable bonds is 3. The van der Waals surface area contributed by atoms with Crippen molar-refractivity contribution in [1.82, 2.24) is 9.97 Å². The Morgan fingerprint density at radius 2 is 2.00 bits per heavy atom. The molecule has 2 rings (SSSR count). The van der Waals surface area contributed by atoms with Crippen LogP contribution in [0.4, 0.5) is 0 Å². The molecule has 0 radical (unpaired) electrons. The van der Waals surface area contributed by atoms with Crippen molar-refractivity contribution in [3.05, 3.63) is 28.0 Å². The standard InChI is InChI=1S/C12H14Cl2N2/c1-3-4-7(2)12-15-10-5-8(13)9(14)6-11(10)16-12/h5-7H,3-4H2,1-2H3,(H,15,16). The number of hydrogen-bond donors (Lipinski definition) is 1. The minimum Gasteiger partial charge on any atom is -0.342 e. The number of halogens is 2. The Morgan fingerprint density at radius 1 is 1.31 bits per heavy atom. The van der Waals surface area contributed by atoms with E-state index in [0.29, 0.717) is 16.0 Å². The topological polar surface area (TPSA) is 28.7 Å². The maximum absolute atomic E-state index is 5.96. The van der Waals surface area contributed by atoms with E-state index in [1.807, 2.05) is 6.07 Å². The monoisotopic (exact) mass is 256 g/mol. The molecule has 0 aliphatic rings. The summed E-state index contributed by atoms with van der Waals surface area (Å²) in [4.78, 5) is 7.83. The number of H-pyrrole nitrogens is 1. The van der Waals surface area contributed by atoms with Gasteiger partial charge in [0.05, 0.1) is 21.1 Å². The van der Waals surface area contributed by atoms with Gasteiger partial charge in [-0.25, -0.2) is 4.98 Å². The molecule has 1 aromatic carbocycles. The molecule has 1 heterocycles. The second kappa shape index (κ2) is 4.64. The second-order valence-corrected chi connectivity index (χ2v) is 4.91. The zero-order valence-corrected chi connectivity index (χ0v) is 10.9. The first-order valence-corrected chi connectivity index (χ1v) is 6.22. The third kappa shape index (κ3) is 2.18. The van der Waals surface area contributed by atoms with Gasteiger partial charge in [-0.15, -0.1) is 0 Å². The van der Waals surface area contributed by atoms with E-state index in [4.69, 9.17) is 23.2 Å². The summed E-state index contributed by atoms with van der Waals surface area (Å²) in [7, 11) is 0. The largest absolute Gasteiger partial charge is 0.342 e. The van der Waals surface area contributed by atoms with Crippen LogP contribution in [-0.4, -0.2) is 9.97 Å². The second-order valence-electron chi connectivity index (χ2n) is 4.10. The Labute approximate surface area is 105 Å². The minimum atomic E-state index is 0.440. The van der Waals surface area contributed by atoms with Crippen LogP contribution in [0.1, 0.15) is 38.4 Å². The van der Waals surface area contributed by atoms with Crippen LogP contribution in [0, 0.1) is 0 Å². The first kappa shape index (κ1) is 11.7. The van der Waals surface area contributed by atoms with E-state index in [0.717, 1.165) is 29.7 Å². The lowest BCUT2D eigenvalue weighted by atomic mass is 10.1. The molecule has 0 aliphatic heterocycles. The molecule has 86 valence electrons. The van der Waals surface area contributed by atoms with Crippen LogP contribution in [-0.2, 0) is 0 Å². The fourth-order valence-electron chi connectivity index (χ4n) is 1.83. The number of nitrogens with one attached hydrogen (secondary N) is 1. The highest BCUT2D eigenvalue weighted by atomic mass is 35.5. The lowest BCUT2D eigenvalue weighted by Crippen LogP contribution is -1.94. The average Bonchev–Trinajstić information content (AvgIpc) is 2.62. The van der Waals surface area contributed by atoms with Crippen molar-refractivity contribution >= 4 is 34.2 Å². The van der Waals surface area contributed by atoms with E-state index >= 15 is 0 Å². The number of aromatic nitrogens is 2. The summed E-state index contributed by atoms with van der Waals surface area (Å²) < 4.78 is 0. The van der Waals surface area contributed by atoms with Gasteiger partial charge in [-0.1, -0.05) is 43.5 Å². The van der Waals surface area contributed by atoms with E-state index in [9.17, 15) is 0 Å². The van der Waals surface area contributed by atoms with E-state index in [-0.39, 0.29) is 0 Å². The number of nitrogens with zero attached hydrogens (tertiary/aromatic N) is 1. The zero-order chi connectivity index (χ0) is 11.7. The van der Waals surface area contributed by atoms with Gasteiger partial charge in [0.15, 0.2) is 0 Å². The molecule has 2 aromatic rings. The number of imidazole rings is 1. The van der Waals surface area contributed by atoms with Crippen molar-refractivity contribution in [1.29, 1.82) is 0 Å². The summed E-state index contributed by atoms with van der Waals surface area (Å²) in [5, 5.41) is 1.11. The summed E-state index contributed by atoms with van der Waals surface area (Å²) >= 11 is 11.9. The zero-order valence-electron chi connectivity index (χ0n) is 9.35. The normalized spacial score (nSPS) is 13.2. The first-order valence-electron chi connectivity index (χ1n) is 5.46. The van der Waals surface area contributed by atoms with Crippen molar-refractivity contribution in [3.63, 3.8) is 0 Å². The number of aromatic amines is 1. The summed E-state index contributed by atoms with van der Waals surface area (Å²) in [6.45, 7) is 4.34. The average molecular weight is 257 g/mol. The van der Waals surface area contributed by atoms with Gasteiger partial charge in [0, 0.05) is 5.92 Å². The van der Waals surface area contributed by atoms with E-state index in [2.05, 4.69) is 23.8 Å². The van der Waals surface area contributed by atoms with Crippen molar-refractivity contribution in [3.8, 4) is 0 Å². The van der Waals surface area contributed by atoms with Crippen LogP contribution in [0.25, 0.3) is 11.0 Å². The first-order chi connectivity index (χ1) is 7.61. The predicted octanol–water partition coefficient (Wildman–Crippen LogP) is 4.77. The molecular weight excluding hydrogens is 243 g/mol. The van der Waals surface area contributed by atoms with E-state index in [1.54, 1.807) is 6.07 Å². The van der Waals surface area contributed by atoms with Gasteiger partial charge >= 0.3 is 0 Å². The molecule has 0 aliphatic carbocycles. The lowest BCUT2D eigenvalue weighted by Gasteiger charge is -2.04. The fraction of sp³-hybridized carbons (Fsp3) is 0.417. The lowest BCUT2D eigenvalue weighted by molar-refractivity contribution is 0.636. The number of fused-ring (bicyclic) bond motifs is 1. The Kier molecular flexibility index (Phi) is 3.41. The highest BCUT2D eigenvalue weighted by molar-refractivity contribution is 6.42. The van der Waals surface area contributed by atoms with Gasteiger partial charge in [-0.2, -0.15) is 0 Å². The molecule has 2 nitrogen and oxygen atoms in total. The predicted molar refractivity (Wildman–Crippen MR) is 69.4 cm³/mol. The summed E-state index contributed by atoms with van der Waals surface area (Å²) in [6.07, 6.45) is 2.28. The third-order valence-electron chi connectivity index (χ3n) is 2.73. The van der Waals surface area contributed by atoms with Gasteiger partial charge in [-0.3, -0.25) is 0 Å². The molecule has 0 spiro atoms. The fourth-order valence-corrected chi connectivity index (χ4v) is 2.15. The van der Waals surface area contributed by atoms with Crippen molar-refractivity contribution in [2.45, 2.75) is 32.6 Å². The van der Waals surface area contributed by atoms with Crippen LogP contribution in [0.3, 0.4) is 0 Å². The molecule has 1 N–H and O–H groups in total. The maximum atomic E-state index is 5.96. The highest BCUT2D eigenvalue weighted by Crippen LogP contribution is 2.28. The molecule has 1 aromatic heterocycles. The van der Waals surface area contributed by atoms with Gasteiger partial charge in [-0.05, 0) is 18.6 Å². The van der Waals surface area contributed by atoms with Crippen molar-refractivity contribution in [2.24, 2.45) is 0 Å². The van der Waals surface area contributed by atoms with Crippen LogP contribution >= 0.6 is 23.2 Å². The Balaban J connectivity index is 2.43. The van der Waals surface area contributed by atoms with Gasteiger partial charge in [0.1, 0.15) is 5.82 Å². The van der Waals surface area contributed by atoms with Gasteiger partial charge in [0.25, 0.3) is 0 Å². The number of hydrogen-bond acceptors (Lipinski definition) is 1. The van der Waals surface area contributed by atoms with Gasteiger partial charge in [0.2, 0.25) is 0 Å². The summed E-state index contributed by atoms with van der Waals surface area (Å²) in [6, 6.07) is 3.63. The molecule has 1 atom stereocenters. The number of benzene rings is 1. The molecule has 0 amide bonds. The van der Waals surface area contributed by atoms with Crippen molar-refractivity contribution < 1.29 is 0 Å². The van der Waals surface area contributed by atoms with E-state index < -0.39 is 0 Å².